The summed E-state index contributed by atoms with van der Waals surface area (Å²) in [7, 11) is -1.96. The average molecular weight is 452 g/mol. The van der Waals surface area contributed by atoms with Crippen molar-refractivity contribution >= 4 is 20.4 Å². The van der Waals surface area contributed by atoms with E-state index >= 15 is 0 Å². The molecule has 1 aromatic carbocycles. The Bertz CT molecular complexity index is 701. The minimum atomic E-state index is -1.96. The van der Waals surface area contributed by atoms with Gasteiger partial charge in [0.15, 0.2) is 0 Å². The molecule has 0 radical (unpaired) electrons. The third-order valence-electron chi connectivity index (χ3n) is 5.73. The molecule has 0 heterocycles. The van der Waals surface area contributed by atoms with E-state index in [1.54, 1.807) is 32.9 Å². The number of alkyl carbamates (subject to hydrolysis) is 1. The Morgan fingerprint density at radius 1 is 0.968 bits per heavy atom. The topological polar surface area (TPSA) is 84.9 Å². The average Bonchev–Trinajstić information content (AvgIpc) is 2.60. The van der Waals surface area contributed by atoms with Crippen LogP contribution in [0.1, 0.15) is 79.4 Å². The predicted molar refractivity (Wildman–Crippen MR) is 127 cm³/mol. The van der Waals surface area contributed by atoms with Crippen LogP contribution < -0.4 is 5.32 Å². The molecule has 2 N–H and O–H groups in total. The second-order valence-corrected chi connectivity index (χ2v) is 15.6. The first-order chi connectivity index (χ1) is 14.2. The van der Waals surface area contributed by atoms with Crippen molar-refractivity contribution in [3.8, 4) is 0 Å². The normalized spacial score (nSPS) is 13.5. The molecule has 0 aliphatic rings. The number of carboxylic acid groups (broad SMARTS) is 1. The monoisotopic (exact) mass is 451 g/mol. The molecule has 0 fully saturated rings. The molecule has 31 heavy (non-hydrogen) atoms. The van der Waals surface area contributed by atoms with Crippen molar-refractivity contribution < 1.29 is 23.9 Å². The van der Waals surface area contributed by atoms with Crippen molar-refractivity contribution in [2.24, 2.45) is 0 Å². The zero-order valence-electron chi connectivity index (χ0n) is 20.6. The first-order valence-corrected chi connectivity index (χ1v) is 13.3. The fourth-order valence-electron chi connectivity index (χ4n) is 4.40. The maximum Gasteiger partial charge on any atom is 0.407 e. The van der Waals surface area contributed by atoms with E-state index in [2.05, 4.69) is 46.9 Å². The lowest BCUT2D eigenvalue weighted by Gasteiger charge is -2.42. The molecule has 7 heteroatoms. The molecule has 176 valence electrons. The highest BCUT2D eigenvalue weighted by Crippen LogP contribution is 2.42. The van der Waals surface area contributed by atoms with Crippen LogP contribution in [-0.2, 0) is 20.6 Å². The smallest absolute Gasteiger partial charge is 0.407 e. The van der Waals surface area contributed by atoms with Gasteiger partial charge in [0, 0.05) is 6.54 Å². The molecule has 1 rings (SSSR count). The van der Waals surface area contributed by atoms with Crippen molar-refractivity contribution in [3.05, 3.63) is 35.4 Å². The summed E-state index contributed by atoms with van der Waals surface area (Å²) in [6, 6.07) is 7.44. The molecule has 0 saturated carbocycles. The first kappa shape index (κ1) is 27.2. The first-order valence-electron chi connectivity index (χ1n) is 11.1. The number of amides is 1. The Kier molecular flexibility index (Phi) is 9.76. The molecule has 0 bridgehead atoms. The van der Waals surface area contributed by atoms with Gasteiger partial charge in [-0.05, 0) is 48.5 Å². The number of carbonyl (C=O) groups is 2. The van der Waals surface area contributed by atoms with Gasteiger partial charge in [0.1, 0.15) is 5.60 Å². The molecule has 0 spiro atoms. The minimum absolute atomic E-state index is 0.0375. The predicted octanol–water partition coefficient (Wildman–Crippen LogP) is 6.07. The zero-order valence-corrected chi connectivity index (χ0v) is 21.6. The highest BCUT2D eigenvalue weighted by molar-refractivity contribution is 6.77. The van der Waals surface area contributed by atoms with Gasteiger partial charge in [-0.15, -0.1) is 0 Å². The van der Waals surface area contributed by atoms with E-state index in [4.69, 9.17) is 9.16 Å². The molecular weight excluding hydrogens is 410 g/mol. The van der Waals surface area contributed by atoms with E-state index in [1.807, 2.05) is 12.1 Å². The van der Waals surface area contributed by atoms with E-state index in [0.29, 0.717) is 28.8 Å². The third kappa shape index (κ3) is 7.65. The number of rotatable bonds is 10. The summed E-state index contributed by atoms with van der Waals surface area (Å²) in [5.41, 5.74) is 2.52. The Labute approximate surface area is 188 Å². The van der Waals surface area contributed by atoms with Gasteiger partial charge >= 0.3 is 12.1 Å². The lowest BCUT2D eigenvalue weighted by atomic mass is 9.98. The van der Waals surface area contributed by atoms with Gasteiger partial charge in [0.2, 0.25) is 8.32 Å². The number of ether oxygens (including phenoxy) is 1. The van der Waals surface area contributed by atoms with Crippen LogP contribution in [0.25, 0.3) is 0 Å². The van der Waals surface area contributed by atoms with Crippen LogP contribution in [0.3, 0.4) is 0 Å². The number of hydrogen-bond donors (Lipinski definition) is 2. The molecule has 1 atom stereocenters. The SMILES string of the molecule is CC(C)[Si](OCc1ccc(C(CNC(=O)OC(C)(C)C)C(=O)O)cc1)(C(C)C)C(C)C. The Hall–Kier alpha value is -1.86. The van der Waals surface area contributed by atoms with Crippen molar-refractivity contribution in [2.75, 3.05) is 6.54 Å². The van der Waals surface area contributed by atoms with E-state index < -0.39 is 31.9 Å². The number of carbonyl (C=O) groups excluding carboxylic acids is 1. The molecule has 1 unspecified atom stereocenters. The zero-order chi connectivity index (χ0) is 24.0. The van der Waals surface area contributed by atoms with Gasteiger partial charge in [-0.2, -0.15) is 0 Å². The number of carboxylic acids is 1. The van der Waals surface area contributed by atoms with Gasteiger partial charge in [-0.1, -0.05) is 65.8 Å². The summed E-state index contributed by atoms with van der Waals surface area (Å²) in [6.45, 7) is 19.3. The molecule has 0 aliphatic carbocycles. The Balaban J connectivity index is 2.88. The van der Waals surface area contributed by atoms with Crippen molar-refractivity contribution in [1.29, 1.82) is 0 Å². The Morgan fingerprint density at radius 2 is 1.45 bits per heavy atom. The maximum atomic E-state index is 11.9. The highest BCUT2D eigenvalue weighted by atomic mass is 28.4. The number of aliphatic carboxylic acids is 1. The van der Waals surface area contributed by atoms with Crippen LogP contribution >= 0.6 is 0 Å². The summed E-state index contributed by atoms with van der Waals surface area (Å²) >= 11 is 0. The lowest BCUT2D eigenvalue weighted by molar-refractivity contribution is -0.138. The molecule has 0 saturated heterocycles. The highest BCUT2D eigenvalue weighted by Gasteiger charge is 2.44. The molecular formula is C24H41NO5Si. The van der Waals surface area contributed by atoms with Gasteiger partial charge in [0.05, 0.1) is 12.5 Å². The molecule has 0 aromatic heterocycles. The molecule has 6 nitrogen and oxygen atoms in total. The molecule has 1 aromatic rings. The van der Waals surface area contributed by atoms with Crippen molar-refractivity contribution in [1.82, 2.24) is 5.32 Å². The van der Waals surface area contributed by atoms with Crippen LogP contribution in [-0.4, -0.2) is 37.6 Å². The largest absolute Gasteiger partial charge is 0.481 e. The number of nitrogens with one attached hydrogen (secondary N) is 1. The maximum absolute atomic E-state index is 11.9. The minimum Gasteiger partial charge on any atom is -0.481 e. The van der Waals surface area contributed by atoms with Crippen LogP contribution in [0.15, 0.2) is 24.3 Å². The van der Waals surface area contributed by atoms with Crippen molar-refractivity contribution in [3.63, 3.8) is 0 Å². The van der Waals surface area contributed by atoms with Crippen LogP contribution in [0.5, 0.6) is 0 Å². The summed E-state index contributed by atoms with van der Waals surface area (Å²) in [5.74, 6) is -1.84. The number of hydrogen-bond acceptors (Lipinski definition) is 4. The summed E-state index contributed by atoms with van der Waals surface area (Å²) in [6.07, 6.45) is -0.624. The summed E-state index contributed by atoms with van der Waals surface area (Å²) in [5, 5.41) is 12.2. The van der Waals surface area contributed by atoms with Gasteiger partial charge < -0.3 is 19.6 Å². The van der Waals surface area contributed by atoms with Crippen LogP contribution in [0.2, 0.25) is 16.6 Å². The van der Waals surface area contributed by atoms with E-state index in [-0.39, 0.29) is 6.54 Å². The second-order valence-electron chi connectivity index (χ2n) is 10.1. The quantitative estimate of drug-likeness (QED) is 0.422. The molecule has 0 aliphatic heterocycles. The fraction of sp³-hybridized carbons (Fsp3) is 0.667. The third-order valence-corrected chi connectivity index (χ3v) is 11.8. The van der Waals surface area contributed by atoms with Gasteiger partial charge in [0.25, 0.3) is 0 Å². The number of benzene rings is 1. The second kappa shape index (κ2) is 11.1. The van der Waals surface area contributed by atoms with E-state index in [9.17, 15) is 14.7 Å². The Morgan fingerprint density at radius 3 is 1.84 bits per heavy atom. The van der Waals surface area contributed by atoms with Crippen LogP contribution in [0.4, 0.5) is 4.79 Å². The summed E-state index contributed by atoms with van der Waals surface area (Å²) in [4.78, 5) is 23.6. The van der Waals surface area contributed by atoms with Gasteiger partial charge in [-0.3, -0.25) is 4.79 Å². The van der Waals surface area contributed by atoms with E-state index in [1.165, 1.54) is 0 Å². The van der Waals surface area contributed by atoms with Gasteiger partial charge in [-0.25, -0.2) is 4.79 Å². The fourth-order valence-corrected chi connectivity index (χ4v) is 9.82. The van der Waals surface area contributed by atoms with E-state index in [0.717, 1.165) is 5.56 Å². The van der Waals surface area contributed by atoms with Crippen LogP contribution in [0, 0.1) is 0 Å². The van der Waals surface area contributed by atoms with Crippen molar-refractivity contribution in [2.45, 2.75) is 97.1 Å². The molecule has 1 amide bonds. The lowest BCUT2D eigenvalue weighted by Crippen LogP contribution is -2.47. The standard InChI is InChI=1S/C24H41NO5Si/c1-16(2)31(17(3)4,18(5)6)29-15-19-10-12-20(13-11-19)21(22(26)27)14-25-23(28)30-24(7,8)9/h10-13,16-18,21H,14-15H2,1-9H3,(H,25,28)(H,26,27). The summed E-state index contributed by atoms with van der Waals surface area (Å²) < 4.78 is 11.8.